The van der Waals surface area contributed by atoms with Crippen LogP contribution >= 0.6 is 0 Å². The molecule has 0 spiro atoms. The molecule has 5 heteroatoms. The van der Waals surface area contributed by atoms with Crippen LogP contribution in [-0.2, 0) is 4.79 Å². The van der Waals surface area contributed by atoms with E-state index in [1.54, 1.807) is 4.90 Å². The van der Waals surface area contributed by atoms with Crippen LogP contribution in [0.25, 0.3) is 0 Å². The van der Waals surface area contributed by atoms with E-state index in [1.807, 2.05) is 14.1 Å². The largest absolute Gasteiger partial charge is 0.390 e. The van der Waals surface area contributed by atoms with Gasteiger partial charge in [-0.05, 0) is 63.7 Å². The van der Waals surface area contributed by atoms with E-state index in [4.69, 9.17) is 0 Å². The molecule has 1 N–H and O–H groups in total. The highest BCUT2D eigenvalue weighted by molar-refractivity contribution is 5.75. The minimum Gasteiger partial charge on any atom is -0.390 e. The van der Waals surface area contributed by atoms with Gasteiger partial charge in [0.05, 0.1) is 6.10 Å². The lowest BCUT2D eigenvalue weighted by atomic mass is 9.93. The Balaban J connectivity index is 1.62. The summed E-state index contributed by atoms with van der Waals surface area (Å²) in [4.78, 5) is 18.3. The van der Waals surface area contributed by atoms with Gasteiger partial charge in [0.2, 0.25) is 5.91 Å². The van der Waals surface area contributed by atoms with Crippen LogP contribution < -0.4 is 0 Å². The minimum atomic E-state index is -0.247. The Morgan fingerprint density at radius 3 is 2.00 bits per heavy atom. The number of amides is 1. The van der Waals surface area contributed by atoms with Gasteiger partial charge in [-0.15, -0.1) is 0 Å². The lowest BCUT2D eigenvalue weighted by molar-refractivity contribution is -0.130. The van der Waals surface area contributed by atoms with Crippen molar-refractivity contribution in [3.8, 4) is 0 Å². The minimum absolute atomic E-state index is 0.239. The molecule has 134 valence electrons. The molecule has 23 heavy (non-hydrogen) atoms. The number of carbonyl (C=O) groups is 1. The second-order valence-electron chi connectivity index (χ2n) is 7.87. The molecular formula is C18H35N3O2. The molecule has 1 amide bonds. The molecule has 2 saturated heterocycles. The smallest absolute Gasteiger partial charge is 0.222 e. The first kappa shape index (κ1) is 18.7. The molecule has 2 aliphatic rings. The number of carbonyl (C=O) groups excluding carboxylic acids is 1. The molecule has 2 fully saturated rings. The van der Waals surface area contributed by atoms with Crippen LogP contribution in [-0.4, -0.2) is 85.2 Å². The van der Waals surface area contributed by atoms with E-state index in [0.29, 0.717) is 12.3 Å². The maximum absolute atomic E-state index is 11.8. The van der Waals surface area contributed by atoms with Crippen LogP contribution in [0.5, 0.6) is 0 Å². The number of piperidine rings is 2. The Bertz CT molecular complexity index is 359. The van der Waals surface area contributed by atoms with Crippen molar-refractivity contribution in [3.63, 3.8) is 0 Å². The molecule has 0 aromatic carbocycles. The third kappa shape index (κ3) is 6.40. The van der Waals surface area contributed by atoms with Gasteiger partial charge in [-0.2, -0.15) is 0 Å². The van der Waals surface area contributed by atoms with E-state index in [0.717, 1.165) is 58.0 Å². The summed E-state index contributed by atoms with van der Waals surface area (Å²) >= 11 is 0. The van der Waals surface area contributed by atoms with Crippen molar-refractivity contribution in [1.82, 2.24) is 14.7 Å². The maximum atomic E-state index is 11.8. The van der Waals surface area contributed by atoms with Crippen LogP contribution in [0, 0.1) is 11.8 Å². The first-order chi connectivity index (χ1) is 10.9. The van der Waals surface area contributed by atoms with Crippen molar-refractivity contribution >= 4 is 5.91 Å². The van der Waals surface area contributed by atoms with Crippen LogP contribution in [0.2, 0.25) is 0 Å². The van der Waals surface area contributed by atoms with Crippen molar-refractivity contribution < 1.29 is 9.90 Å². The molecule has 2 aliphatic heterocycles. The average molecular weight is 325 g/mol. The molecule has 5 nitrogen and oxygen atoms in total. The summed E-state index contributed by atoms with van der Waals surface area (Å²) < 4.78 is 0. The van der Waals surface area contributed by atoms with Crippen molar-refractivity contribution in [2.75, 3.05) is 53.4 Å². The number of aliphatic hydroxyl groups is 1. The Morgan fingerprint density at radius 2 is 1.52 bits per heavy atom. The zero-order valence-corrected chi connectivity index (χ0v) is 15.2. The lowest BCUT2D eigenvalue weighted by Crippen LogP contribution is -2.45. The van der Waals surface area contributed by atoms with E-state index < -0.39 is 0 Å². The fourth-order valence-electron chi connectivity index (χ4n) is 3.70. The Kier molecular flexibility index (Phi) is 7.31. The van der Waals surface area contributed by atoms with Crippen molar-refractivity contribution in [2.24, 2.45) is 11.8 Å². The van der Waals surface area contributed by atoms with Crippen molar-refractivity contribution in [2.45, 2.75) is 45.1 Å². The molecule has 0 aromatic heterocycles. The van der Waals surface area contributed by atoms with Crippen molar-refractivity contribution in [1.29, 1.82) is 0 Å². The van der Waals surface area contributed by atoms with E-state index in [1.165, 1.54) is 12.8 Å². The topological polar surface area (TPSA) is 47.0 Å². The zero-order chi connectivity index (χ0) is 16.8. The predicted octanol–water partition coefficient (Wildman–Crippen LogP) is 1.27. The number of β-amino-alcohol motifs (C(OH)–C–C–N with tert-alkyl or cyclic N) is 1. The van der Waals surface area contributed by atoms with Gasteiger partial charge >= 0.3 is 0 Å². The highest BCUT2D eigenvalue weighted by Crippen LogP contribution is 2.21. The van der Waals surface area contributed by atoms with Crippen LogP contribution in [0.1, 0.15) is 39.0 Å². The molecule has 1 unspecified atom stereocenters. The third-order valence-corrected chi connectivity index (χ3v) is 5.48. The van der Waals surface area contributed by atoms with Crippen LogP contribution in [0.4, 0.5) is 0 Å². The van der Waals surface area contributed by atoms with E-state index in [9.17, 15) is 9.90 Å². The summed E-state index contributed by atoms with van der Waals surface area (Å²) in [5, 5.41) is 10.4. The normalized spacial score (nSPS) is 23.8. The predicted molar refractivity (Wildman–Crippen MR) is 93.3 cm³/mol. The number of aliphatic hydroxyl groups excluding tert-OH is 1. The highest BCUT2D eigenvalue weighted by Gasteiger charge is 2.24. The summed E-state index contributed by atoms with van der Waals surface area (Å²) in [7, 11) is 3.66. The SMILES string of the molecule is CC1CCN(CC(O)CN2CCC(CC(=O)N(C)C)CC2)CC1. The van der Waals surface area contributed by atoms with Gasteiger partial charge in [-0.25, -0.2) is 0 Å². The Hall–Kier alpha value is -0.650. The van der Waals surface area contributed by atoms with Gasteiger partial charge in [0, 0.05) is 33.6 Å². The maximum Gasteiger partial charge on any atom is 0.222 e. The first-order valence-electron chi connectivity index (χ1n) is 9.27. The molecule has 0 saturated carbocycles. The molecule has 1 atom stereocenters. The van der Waals surface area contributed by atoms with Gasteiger partial charge in [0.15, 0.2) is 0 Å². The van der Waals surface area contributed by atoms with E-state index in [2.05, 4.69) is 16.7 Å². The van der Waals surface area contributed by atoms with Crippen LogP contribution in [0.15, 0.2) is 0 Å². The number of hydrogen-bond acceptors (Lipinski definition) is 4. The van der Waals surface area contributed by atoms with E-state index in [-0.39, 0.29) is 12.0 Å². The second kappa shape index (κ2) is 9.00. The number of hydrogen-bond donors (Lipinski definition) is 1. The average Bonchev–Trinajstić information content (AvgIpc) is 2.51. The summed E-state index contributed by atoms with van der Waals surface area (Å²) in [6, 6.07) is 0. The summed E-state index contributed by atoms with van der Waals surface area (Å²) in [5.74, 6) is 1.59. The Morgan fingerprint density at radius 1 is 1.04 bits per heavy atom. The number of nitrogens with zero attached hydrogens (tertiary/aromatic N) is 3. The van der Waals surface area contributed by atoms with Gasteiger partial charge in [0.1, 0.15) is 0 Å². The zero-order valence-electron chi connectivity index (χ0n) is 15.2. The molecule has 0 bridgehead atoms. The van der Waals surface area contributed by atoms with Gasteiger partial charge in [-0.1, -0.05) is 6.92 Å². The lowest BCUT2D eigenvalue weighted by Gasteiger charge is -2.35. The van der Waals surface area contributed by atoms with E-state index >= 15 is 0 Å². The molecule has 2 heterocycles. The van der Waals surface area contributed by atoms with Gasteiger partial charge in [0.25, 0.3) is 0 Å². The summed E-state index contributed by atoms with van der Waals surface area (Å²) in [6.45, 7) is 8.20. The molecule has 0 aromatic rings. The first-order valence-corrected chi connectivity index (χ1v) is 9.27. The fourth-order valence-corrected chi connectivity index (χ4v) is 3.70. The third-order valence-electron chi connectivity index (χ3n) is 5.48. The number of rotatable bonds is 6. The highest BCUT2D eigenvalue weighted by atomic mass is 16.3. The standard InChI is InChI=1S/C18H35N3O2/c1-15-4-8-20(9-5-15)13-17(22)14-21-10-6-16(7-11-21)12-18(23)19(2)3/h15-17,22H,4-14H2,1-3H3. The van der Waals surface area contributed by atoms with Gasteiger partial charge in [-0.3, -0.25) is 4.79 Å². The Labute approximate surface area is 141 Å². The van der Waals surface area contributed by atoms with Crippen molar-refractivity contribution in [3.05, 3.63) is 0 Å². The second-order valence-corrected chi connectivity index (χ2v) is 7.87. The number of likely N-dealkylation sites (tertiary alicyclic amines) is 2. The fraction of sp³-hybridized carbons (Fsp3) is 0.944. The monoisotopic (exact) mass is 325 g/mol. The quantitative estimate of drug-likeness (QED) is 0.799. The molecule has 0 radical (unpaired) electrons. The molecule has 0 aliphatic carbocycles. The van der Waals surface area contributed by atoms with Gasteiger partial charge < -0.3 is 19.8 Å². The molecular weight excluding hydrogens is 290 g/mol. The summed E-state index contributed by atoms with van der Waals surface area (Å²) in [6.07, 6.45) is 5.11. The molecule has 2 rings (SSSR count). The van der Waals surface area contributed by atoms with Crippen LogP contribution in [0.3, 0.4) is 0 Å². The summed E-state index contributed by atoms with van der Waals surface area (Å²) in [5.41, 5.74) is 0.